The summed E-state index contributed by atoms with van der Waals surface area (Å²) in [6.45, 7) is 0. The zero-order valence-electron chi connectivity index (χ0n) is 12.3. The lowest BCUT2D eigenvalue weighted by Crippen LogP contribution is -2.18. The Morgan fingerprint density at radius 1 is 0.913 bits per heavy atom. The number of carbonyl (C=O) groups excluding carboxylic acids is 2. The molecule has 116 valence electrons. The molecule has 0 bridgehead atoms. The summed E-state index contributed by atoms with van der Waals surface area (Å²) < 4.78 is 0. The van der Waals surface area contributed by atoms with E-state index in [1.54, 1.807) is 36.4 Å². The van der Waals surface area contributed by atoms with Gasteiger partial charge in [-0.2, -0.15) is 5.26 Å². The van der Waals surface area contributed by atoms with Crippen LogP contribution in [0.5, 0.6) is 0 Å². The molecule has 0 radical (unpaired) electrons. The third kappa shape index (κ3) is 5.49. The highest BCUT2D eigenvalue weighted by atomic mass is 32.2. The summed E-state index contributed by atoms with van der Waals surface area (Å²) in [6, 6.07) is 17.9. The molecular formula is C17H15N3O2S. The van der Waals surface area contributed by atoms with E-state index in [2.05, 4.69) is 10.6 Å². The molecule has 0 aliphatic rings. The van der Waals surface area contributed by atoms with Crippen molar-refractivity contribution < 1.29 is 9.59 Å². The fourth-order valence-corrected chi connectivity index (χ4v) is 2.45. The third-order valence-corrected chi connectivity index (χ3v) is 3.78. The lowest BCUT2D eigenvalue weighted by molar-refractivity contribution is -0.114. The molecule has 2 amide bonds. The van der Waals surface area contributed by atoms with Crippen LogP contribution in [-0.2, 0) is 9.59 Å². The Labute approximate surface area is 138 Å². The van der Waals surface area contributed by atoms with Gasteiger partial charge >= 0.3 is 0 Å². The second kappa shape index (κ2) is 8.61. The molecule has 0 fully saturated rings. The van der Waals surface area contributed by atoms with Gasteiger partial charge in [-0.25, -0.2) is 0 Å². The van der Waals surface area contributed by atoms with Gasteiger partial charge in [-0.1, -0.05) is 30.3 Å². The van der Waals surface area contributed by atoms with E-state index in [4.69, 9.17) is 5.26 Å². The molecular weight excluding hydrogens is 310 g/mol. The maximum atomic E-state index is 11.8. The van der Waals surface area contributed by atoms with Crippen LogP contribution in [-0.4, -0.2) is 23.3 Å². The summed E-state index contributed by atoms with van der Waals surface area (Å²) in [5.74, 6) is -0.0823. The Hall–Kier alpha value is -2.78. The SMILES string of the molecule is N#Cc1ccccc1NC(=O)CSCC(=O)Nc1ccccc1. The van der Waals surface area contributed by atoms with Gasteiger partial charge < -0.3 is 10.6 Å². The number of nitrogens with one attached hydrogen (secondary N) is 2. The van der Waals surface area contributed by atoms with Gasteiger partial charge in [0.2, 0.25) is 11.8 Å². The number of hydrogen-bond donors (Lipinski definition) is 2. The van der Waals surface area contributed by atoms with Gasteiger partial charge in [0.1, 0.15) is 6.07 Å². The zero-order valence-corrected chi connectivity index (χ0v) is 13.1. The molecule has 2 aromatic carbocycles. The average Bonchev–Trinajstić information content (AvgIpc) is 2.56. The number of carbonyl (C=O) groups is 2. The largest absolute Gasteiger partial charge is 0.325 e. The Kier molecular flexibility index (Phi) is 6.21. The highest BCUT2D eigenvalue weighted by Crippen LogP contribution is 2.14. The highest BCUT2D eigenvalue weighted by Gasteiger charge is 2.08. The van der Waals surface area contributed by atoms with E-state index in [0.717, 1.165) is 5.69 Å². The number of para-hydroxylation sites is 2. The van der Waals surface area contributed by atoms with Crippen molar-refractivity contribution in [1.82, 2.24) is 0 Å². The summed E-state index contributed by atoms with van der Waals surface area (Å²) >= 11 is 1.21. The van der Waals surface area contributed by atoms with Crippen molar-refractivity contribution in [1.29, 1.82) is 5.26 Å². The third-order valence-electron chi connectivity index (χ3n) is 2.85. The number of hydrogen-bond acceptors (Lipinski definition) is 4. The van der Waals surface area contributed by atoms with Gasteiger partial charge in [-0.15, -0.1) is 11.8 Å². The summed E-state index contributed by atoms with van der Waals surface area (Å²) in [5.41, 5.74) is 1.62. The van der Waals surface area contributed by atoms with Crippen molar-refractivity contribution in [2.24, 2.45) is 0 Å². The Bertz CT molecular complexity index is 726. The molecule has 2 N–H and O–H groups in total. The average molecular weight is 325 g/mol. The number of thioether (sulfide) groups is 1. The Morgan fingerprint density at radius 2 is 1.52 bits per heavy atom. The second-order valence-corrected chi connectivity index (χ2v) is 5.60. The number of benzene rings is 2. The maximum Gasteiger partial charge on any atom is 0.234 e. The van der Waals surface area contributed by atoms with Crippen LogP contribution in [0.4, 0.5) is 11.4 Å². The highest BCUT2D eigenvalue weighted by molar-refractivity contribution is 8.00. The molecule has 2 aromatic rings. The summed E-state index contributed by atoms with van der Waals surface area (Å²) in [4.78, 5) is 23.6. The first-order valence-corrected chi connectivity index (χ1v) is 8.06. The fourth-order valence-electron chi connectivity index (χ4n) is 1.83. The van der Waals surface area contributed by atoms with E-state index in [-0.39, 0.29) is 23.3 Å². The minimum atomic E-state index is -0.245. The molecule has 0 heterocycles. The standard InChI is InChI=1S/C17H15N3O2S/c18-10-13-6-4-5-9-15(13)20-17(22)12-23-11-16(21)19-14-7-2-1-3-8-14/h1-9H,11-12H2,(H,19,21)(H,20,22). The molecule has 0 aromatic heterocycles. The lowest BCUT2D eigenvalue weighted by Gasteiger charge is -2.07. The van der Waals surface area contributed by atoms with Crippen LogP contribution in [0.1, 0.15) is 5.56 Å². The molecule has 0 aliphatic carbocycles. The molecule has 6 heteroatoms. The van der Waals surface area contributed by atoms with E-state index >= 15 is 0 Å². The molecule has 0 spiro atoms. The first-order chi connectivity index (χ1) is 11.2. The first kappa shape index (κ1) is 16.6. The van der Waals surface area contributed by atoms with Crippen LogP contribution < -0.4 is 10.6 Å². The monoisotopic (exact) mass is 325 g/mol. The molecule has 0 aliphatic heterocycles. The smallest absolute Gasteiger partial charge is 0.234 e. The van der Waals surface area contributed by atoms with Gasteiger partial charge in [0.25, 0.3) is 0 Å². The van der Waals surface area contributed by atoms with Crippen LogP contribution in [0, 0.1) is 11.3 Å². The molecule has 0 saturated carbocycles. The van der Waals surface area contributed by atoms with Crippen molar-refractivity contribution in [3.63, 3.8) is 0 Å². The van der Waals surface area contributed by atoms with E-state index in [0.29, 0.717) is 11.3 Å². The van der Waals surface area contributed by atoms with Gasteiger partial charge in [0.15, 0.2) is 0 Å². The summed E-state index contributed by atoms with van der Waals surface area (Å²) in [7, 11) is 0. The predicted molar refractivity (Wildman–Crippen MR) is 92.2 cm³/mol. The van der Waals surface area contributed by atoms with E-state index in [1.807, 2.05) is 24.3 Å². The molecule has 0 saturated heterocycles. The molecule has 0 atom stereocenters. The molecule has 5 nitrogen and oxygen atoms in total. The van der Waals surface area contributed by atoms with E-state index < -0.39 is 0 Å². The number of nitrogens with zero attached hydrogens (tertiary/aromatic N) is 1. The second-order valence-electron chi connectivity index (χ2n) is 4.61. The first-order valence-electron chi connectivity index (χ1n) is 6.90. The zero-order chi connectivity index (χ0) is 16.5. The van der Waals surface area contributed by atoms with Crippen molar-refractivity contribution in [3.8, 4) is 6.07 Å². The van der Waals surface area contributed by atoms with Gasteiger partial charge in [-0.05, 0) is 24.3 Å². The minimum Gasteiger partial charge on any atom is -0.325 e. The van der Waals surface area contributed by atoms with Crippen LogP contribution in [0.25, 0.3) is 0 Å². The Balaban J connectivity index is 1.75. The molecule has 2 rings (SSSR count). The van der Waals surface area contributed by atoms with Crippen molar-refractivity contribution in [2.75, 3.05) is 22.1 Å². The van der Waals surface area contributed by atoms with Crippen LogP contribution in [0.15, 0.2) is 54.6 Å². The van der Waals surface area contributed by atoms with Gasteiger partial charge in [0.05, 0.1) is 22.8 Å². The Morgan fingerprint density at radius 3 is 2.22 bits per heavy atom. The summed E-state index contributed by atoms with van der Waals surface area (Å²) in [6.07, 6.45) is 0. The molecule has 23 heavy (non-hydrogen) atoms. The van der Waals surface area contributed by atoms with Crippen molar-refractivity contribution in [3.05, 3.63) is 60.2 Å². The van der Waals surface area contributed by atoms with Crippen LogP contribution in [0.2, 0.25) is 0 Å². The van der Waals surface area contributed by atoms with Crippen LogP contribution >= 0.6 is 11.8 Å². The summed E-state index contributed by atoms with van der Waals surface area (Å²) in [5, 5.41) is 14.4. The maximum absolute atomic E-state index is 11.8. The van der Waals surface area contributed by atoms with Gasteiger partial charge in [-0.3, -0.25) is 9.59 Å². The number of nitriles is 1. The fraction of sp³-hybridized carbons (Fsp3) is 0.118. The van der Waals surface area contributed by atoms with Crippen molar-refractivity contribution >= 4 is 35.0 Å². The number of rotatable bonds is 6. The van der Waals surface area contributed by atoms with E-state index in [1.165, 1.54) is 11.8 Å². The lowest BCUT2D eigenvalue weighted by atomic mass is 10.2. The van der Waals surface area contributed by atoms with Crippen molar-refractivity contribution in [2.45, 2.75) is 0 Å². The van der Waals surface area contributed by atoms with E-state index in [9.17, 15) is 9.59 Å². The topological polar surface area (TPSA) is 82.0 Å². The number of amides is 2. The number of anilines is 2. The minimum absolute atomic E-state index is 0.141. The molecule has 0 unspecified atom stereocenters. The van der Waals surface area contributed by atoms with Crippen LogP contribution in [0.3, 0.4) is 0 Å². The normalized spacial score (nSPS) is 9.70. The predicted octanol–water partition coefficient (Wildman–Crippen LogP) is 2.87. The quantitative estimate of drug-likeness (QED) is 0.855. The van der Waals surface area contributed by atoms with Gasteiger partial charge in [0, 0.05) is 5.69 Å².